The molecule has 1 atom stereocenters. The fourth-order valence-corrected chi connectivity index (χ4v) is 3.44. The van der Waals surface area contributed by atoms with Crippen LogP contribution in [0.15, 0.2) is 53.7 Å². The third-order valence-corrected chi connectivity index (χ3v) is 5.16. The van der Waals surface area contributed by atoms with Gasteiger partial charge in [0, 0.05) is 34.2 Å². The Kier molecular flexibility index (Phi) is 3.46. The van der Waals surface area contributed by atoms with Crippen molar-refractivity contribution in [3.63, 3.8) is 0 Å². The molecule has 2 heterocycles. The van der Waals surface area contributed by atoms with Crippen LogP contribution in [-0.2, 0) is 0 Å². The Balaban J connectivity index is 1.98. The number of hydrogen-bond acceptors (Lipinski definition) is 2. The normalized spacial score (nSPS) is 18.8. The van der Waals surface area contributed by atoms with Gasteiger partial charge in [-0.1, -0.05) is 19.1 Å². The van der Waals surface area contributed by atoms with E-state index in [1.807, 2.05) is 51.1 Å². The molecule has 1 aromatic heterocycles. The molecule has 1 aliphatic heterocycles. The smallest absolute Gasteiger partial charge is 0.163 e. The van der Waals surface area contributed by atoms with Gasteiger partial charge in [-0.15, -0.1) is 0 Å². The van der Waals surface area contributed by atoms with E-state index in [0.29, 0.717) is 16.8 Å². The van der Waals surface area contributed by atoms with Crippen LogP contribution in [-0.4, -0.2) is 16.2 Å². The van der Waals surface area contributed by atoms with Gasteiger partial charge in [-0.05, 0) is 44.2 Å². The Morgan fingerprint density at radius 1 is 1.04 bits per heavy atom. The molecule has 0 fully saturated rings. The Hall–Kier alpha value is -2.62. The Morgan fingerprint density at radius 2 is 1.84 bits per heavy atom. The van der Waals surface area contributed by atoms with Gasteiger partial charge in [0.1, 0.15) is 0 Å². The third kappa shape index (κ3) is 2.44. The lowest BCUT2D eigenvalue weighted by Crippen LogP contribution is -2.34. The molecule has 4 rings (SSSR count). The maximum Gasteiger partial charge on any atom is 0.163 e. The van der Waals surface area contributed by atoms with Crippen molar-refractivity contribution in [3.05, 3.63) is 77.0 Å². The van der Waals surface area contributed by atoms with E-state index in [4.69, 9.17) is 4.99 Å². The minimum Gasteiger partial charge on any atom is -0.277 e. The second-order valence-corrected chi connectivity index (χ2v) is 7.07. The summed E-state index contributed by atoms with van der Waals surface area (Å²) in [4.78, 5) is 9.22. The molecule has 0 amide bonds. The number of fused-ring (bicyclic) bond motifs is 2. The van der Waals surface area contributed by atoms with E-state index >= 15 is 0 Å². The fourth-order valence-electron chi connectivity index (χ4n) is 3.44. The lowest BCUT2D eigenvalue weighted by atomic mass is 9.76. The van der Waals surface area contributed by atoms with Crippen molar-refractivity contribution >= 4 is 16.6 Å². The average Bonchev–Trinajstić information content (AvgIpc) is 2.60. The summed E-state index contributed by atoms with van der Waals surface area (Å²) in [7, 11) is 0. The zero-order valence-electron chi connectivity index (χ0n) is 14.3. The monoisotopic (exact) mass is 336 g/mol. The number of benzene rings is 2. The first kappa shape index (κ1) is 15.9. The molecule has 2 aromatic carbocycles. The highest BCUT2D eigenvalue weighted by Crippen LogP contribution is 2.41. The number of halogens is 2. The Morgan fingerprint density at radius 3 is 2.64 bits per heavy atom. The molecule has 0 radical (unpaired) electrons. The van der Waals surface area contributed by atoms with Crippen LogP contribution in [0.25, 0.3) is 10.9 Å². The quantitative estimate of drug-likeness (QED) is 0.596. The Bertz CT molecular complexity index is 1020. The summed E-state index contributed by atoms with van der Waals surface area (Å²) in [5, 5.41) is 0.989. The van der Waals surface area contributed by atoms with Gasteiger partial charge in [-0.25, -0.2) is 8.78 Å². The number of rotatable bonds is 1. The lowest BCUT2D eigenvalue weighted by molar-refractivity contribution is 0.405. The topological polar surface area (TPSA) is 25.2 Å². The van der Waals surface area contributed by atoms with Crippen LogP contribution in [0.2, 0.25) is 0 Å². The number of pyridine rings is 1. The van der Waals surface area contributed by atoms with Crippen molar-refractivity contribution in [2.24, 2.45) is 4.99 Å². The number of aliphatic imine (C=N–C) groups is 1. The second kappa shape index (κ2) is 5.45. The minimum absolute atomic E-state index is 0.218. The summed E-state index contributed by atoms with van der Waals surface area (Å²) < 4.78 is 28.4. The number of aromatic nitrogens is 1. The maximum atomic E-state index is 14.6. The van der Waals surface area contributed by atoms with E-state index in [0.717, 1.165) is 16.5 Å². The molecule has 3 aromatic rings. The molecule has 2 nitrogen and oxygen atoms in total. The van der Waals surface area contributed by atoms with Gasteiger partial charge in [0.2, 0.25) is 0 Å². The molecule has 126 valence electrons. The molecule has 0 N–H and O–H groups in total. The van der Waals surface area contributed by atoms with Crippen molar-refractivity contribution in [1.29, 1.82) is 0 Å². The molecule has 0 spiro atoms. The van der Waals surface area contributed by atoms with Crippen LogP contribution in [0.4, 0.5) is 8.78 Å². The summed E-state index contributed by atoms with van der Waals surface area (Å²) >= 11 is 0. The van der Waals surface area contributed by atoms with E-state index in [9.17, 15) is 8.78 Å². The van der Waals surface area contributed by atoms with Crippen LogP contribution in [0.3, 0.4) is 0 Å². The van der Waals surface area contributed by atoms with E-state index in [1.165, 1.54) is 6.07 Å². The highest BCUT2D eigenvalue weighted by molar-refractivity contribution is 6.15. The largest absolute Gasteiger partial charge is 0.277 e. The van der Waals surface area contributed by atoms with Gasteiger partial charge in [0.25, 0.3) is 0 Å². The molecule has 4 heteroatoms. The molecule has 0 saturated carbocycles. The maximum absolute atomic E-state index is 14.6. The van der Waals surface area contributed by atoms with Crippen LogP contribution in [0, 0.1) is 11.6 Å². The average molecular weight is 336 g/mol. The van der Waals surface area contributed by atoms with Crippen LogP contribution < -0.4 is 0 Å². The predicted molar refractivity (Wildman–Crippen MR) is 96.2 cm³/mol. The summed E-state index contributed by atoms with van der Waals surface area (Å²) in [5.74, 6) is -1.80. The first-order valence-corrected chi connectivity index (χ1v) is 8.32. The molecular formula is C21H18F2N2. The standard InChI is InChI=1S/C21H18F2N2/c1-12-18-15(7-8-16(22)19(18)23)20(25-21(12,2)3)14-6-9-17-13(11-14)5-4-10-24-17/h4-12H,1-3H3. The van der Waals surface area contributed by atoms with Gasteiger partial charge in [0.15, 0.2) is 11.6 Å². The van der Waals surface area contributed by atoms with Crippen LogP contribution >= 0.6 is 0 Å². The molecule has 1 aliphatic rings. The van der Waals surface area contributed by atoms with E-state index in [1.54, 1.807) is 12.3 Å². The molecular weight excluding hydrogens is 318 g/mol. The predicted octanol–water partition coefficient (Wildman–Crippen LogP) is 5.25. The molecule has 25 heavy (non-hydrogen) atoms. The van der Waals surface area contributed by atoms with Gasteiger partial charge in [0.05, 0.1) is 16.8 Å². The molecule has 0 bridgehead atoms. The molecule has 0 aliphatic carbocycles. The van der Waals surface area contributed by atoms with Gasteiger partial charge >= 0.3 is 0 Å². The van der Waals surface area contributed by atoms with Crippen LogP contribution in [0.5, 0.6) is 0 Å². The second-order valence-electron chi connectivity index (χ2n) is 7.07. The summed E-state index contributed by atoms with van der Waals surface area (Å²) in [5.41, 5.74) is 3.01. The van der Waals surface area contributed by atoms with Crippen molar-refractivity contribution in [2.75, 3.05) is 0 Å². The summed E-state index contributed by atoms with van der Waals surface area (Å²) in [6.45, 7) is 5.80. The van der Waals surface area contributed by atoms with E-state index in [-0.39, 0.29) is 5.92 Å². The van der Waals surface area contributed by atoms with Crippen molar-refractivity contribution < 1.29 is 8.78 Å². The molecule has 1 unspecified atom stereocenters. The van der Waals surface area contributed by atoms with Gasteiger partial charge < -0.3 is 0 Å². The lowest BCUT2D eigenvalue weighted by Gasteiger charge is -2.35. The zero-order chi connectivity index (χ0) is 17.8. The molecule has 0 saturated heterocycles. The SMILES string of the molecule is CC1c2c(ccc(F)c2F)C(c2ccc3ncccc3c2)=NC1(C)C. The van der Waals surface area contributed by atoms with Crippen molar-refractivity contribution in [1.82, 2.24) is 4.98 Å². The van der Waals surface area contributed by atoms with E-state index < -0.39 is 17.2 Å². The number of nitrogens with zero attached hydrogens (tertiary/aromatic N) is 2. The first-order valence-electron chi connectivity index (χ1n) is 8.32. The van der Waals surface area contributed by atoms with Gasteiger partial charge in [-0.3, -0.25) is 9.98 Å². The highest BCUT2D eigenvalue weighted by atomic mass is 19.2. The highest BCUT2D eigenvalue weighted by Gasteiger charge is 2.37. The van der Waals surface area contributed by atoms with Crippen LogP contribution in [0.1, 0.15) is 43.4 Å². The fraction of sp³-hybridized carbons (Fsp3) is 0.238. The first-order chi connectivity index (χ1) is 11.9. The Labute approximate surface area is 145 Å². The van der Waals surface area contributed by atoms with E-state index in [2.05, 4.69) is 4.98 Å². The third-order valence-electron chi connectivity index (χ3n) is 5.16. The van der Waals surface area contributed by atoms with Crippen molar-refractivity contribution in [3.8, 4) is 0 Å². The summed E-state index contributed by atoms with van der Waals surface area (Å²) in [6, 6.07) is 12.5. The minimum atomic E-state index is -0.814. The summed E-state index contributed by atoms with van der Waals surface area (Å²) in [6.07, 6.45) is 1.75. The van der Waals surface area contributed by atoms with Crippen molar-refractivity contribution in [2.45, 2.75) is 32.2 Å². The number of hydrogen-bond donors (Lipinski definition) is 0. The zero-order valence-corrected chi connectivity index (χ0v) is 14.3. The van der Waals surface area contributed by atoms with Gasteiger partial charge in [-0.2, -0.15) is 0 Å².